The van der Waals surface area contributed by atoms with Crippen molar-refractivity contribution < 1.29 is 9.84 Å². The summed E-state index contributed by atoms with van der Waals surface area (Å²) < 4.78 is 5.55. The molecule has 0 aliphatic rings. The molecule has 1 rings (SSSR count). The van der Waals surface area contributed by atoms with E-state index in [4.69, 9.17) is 10.5 Å². The number of aliphatic hydroxyl groups is 1. The van der Waals surface area contributed by atoms with E-state index in [2.05, 4.69) is 18.1 Å². The van der Waals surface area contributed by atoms with Crippen molar-refractivity contribution >= 4 is 5.69 Å². The number of ether oxygens (including phenoxy) is 1. The molecule has 0 fully saturated rings. The van der Waals surface area contributed by atoms with Crippen LogP contribution < -0.4 is 10.5 Å². The van der Waals surface area contributed by atoms with Gasteiger partial charge in [-0.15, -0.1) is 13.2 Å². The quantitative estimate of drug-likeness (QED) is 0.487. The number of nitrogens with two attached hydrogens (primary N) is 1. The first-order valence-electron chi connectivity index (χ1n) is 7.76. The van der Waals surface area contributed by atoms with Crippen LogP contribution in [0.15, 0.2) is 43.5 Å². The standard InChI is InChI=1S/C18H28N2O2/c1-4-10-20(11-5-2)12-9-17(21)15-7-8-18(16(19)14-15)22-13-6-3/h4-5,7-8,14,17,21H,1-2,6,9-13,19H2,3H3. The second-order valence-corrected chi connectivity index (χ2v) is 5.29. The topological polar surface area (TPSA) is 58.7 Å². The Bertz CT molecular complexity index is 464. The molecule has 1 aromatic carbocycles. The minimum absolute atomic E-state index is 0.542. The van der Waals surface area contributed by atoms with Gasteiger partial charge in [-0.05, 0) is 30.5 Å². The van der Waals surface area contributed by atoms with Crippen molar-refractivity contribution in [2.24, 2.45) is 0 Å². The Morgan fingerprint density at radius 3 is 2.55 bits per heavy atom. The van der Waals surface area contributed by atoms with E-state index < -0.39 is 6.10 Å². The lowest BCUT2D eigenvalue weighted by atomic mass is 10.1. The van der Waals surface area contributed by atoms with Crippen LogP contribution >= 0.6 is 0 Å². The third kappa shape index (κ3) is 5.92. The predicted octanol–water partition coefficient (Wildman–Crippen LogP) is 3.16. The third-order valence-electron chi connectivity index (χ3n) is 3.37. The van der Waals surface area contributed by atoms with Crippen LogP contribution in [0.5, 0.6) is 5.75 Å². The molecule has 4 heteroatoms. The molecule has 0 radical (unpaired) electrons. The number of nitrogens with zero attached hydrogens (tertiary/aromatic N) is 1. The fraction of sp³-hybridized carbons (Fsp3) is 0.444. The highest BCUT2D eigenvalue weighted by Gasteiger charge is 2.12. The van der Waals surface area contributed by atoms with Crippen LogP contribution in [-0.4, -0.2) is 36.2 Å². The lowest BCUT2D eigenvalue weighted by Crippen LogP contribution is -2.26. The van der Waals surface area contributed by atoms with E-state index in [0.717, 1.165) is 31.6 Å². The molecule has 0 aromatic heterocycles. The van der Waals surface area contributed by atoms with Gasteiger partial charge in [-0.2, -0.15) is 0 Å². The molecular weight excluding hydrogens is 276 g/mol. The summed E-state index contributed by atoms with van der Waals surface area (Å²) in [6.07, 6.45) is 4.74. The molecule has 0 spiro atoms. The van der Waals surface area contributed by atoms with Gasteiger partial charge < -0.3 is 15.6 Å². The number of benzene rings is 1. The third-order valence-corrected chi connectivity index (χ3v) is 3.37. The fourth-order valence-electron chi connectivity index (χ4n) is 2.21. The number of rotatable bonds is 11. The predicted molar refractivity (Wildman–Crippen MR) is 93.1 cm³/mol. The SMILES string of the molecule is C=CCN(CC=C)CCC(O)c1ccc(OCCC)c(N)c1. The first-order chi connectivity index (χ1) is 10.6. The normalized spacial score (nSPS) is 12.1. The average Bonchev–Trinajstić information content (AvgIpc) is 2.51. The number of hydrogen-bond acceptors (Lipinski definition) is 4. The molecule has 1 atom stereocenters. The minimum atomic E-state index is -0.542. The van der Waals surface area contributed by atoms with Crippen LogP contribution in [0.3, 0.4) is 0 Å². The lowest BCUT2D eigenvalue weighted by molar-refractivity contribution is 0.148. The number of hydrogen-bond donors (Lipinski definition) is 2. The van der Waals surface area contributed by atoms with Crippen LogP contribution in [-0.2, 0) is 0 Å². The minimum Gasteiger partial charge on any atom is -0.491 e. The van der Waals surface area contributed by atoms with Gasteiger partial charge in [-0.1, -0.05) is 25.1 Å². The maximum atomic E-state index is 10.3. The smallest absolute Gasteiger partial charge is 0.142 e. The maximum absolute atomic E-state index is 10.3. The molecule has 22 heavy (non-hydrogen) atoms. The van der Waals surface area contributed by atoms with Crippen molar-refractivity contribution in [3.63, 3.8) is 0 Å². The van der Waals surface area contributed by atoms with Crippen molar-refractivity contribution in [1.29, 1.82) is 0 Å². The highest BCUT2D eigenvalue weighted by atomic mass is 16.5. The summed E-state index contributed by atoms with van der Waals surface area (Å²) in [6.45, 7) is 12.5. The zero-order chi connectivity index (χ0) is 16.4. The fourth-order valence-corrected chi connectivity index (χ4v) is 2.21. The Morgan fingerprint density at radius 2 is 2.00 bits per heavy atom. The molecule has 122 valence electrons. The monoisotopic (exact) mass is 304 g/mol. The zero-order valence-corrected chi connectivity index (χ0v) is 13.5. The van der Waals surface area contributed by atoms with E-state index in [1.807, 2.05) is 31.2 Å². The molecule has 0 saturated carbocycles. The first-order valence-corrected chi connectivity index (χ1v) is 7.76. The Morgan fingerprint density at radius 1 is 1.32 bits per heavy atom. The van der Waals surface area contributed by atoms with E-state index in [-0.39, 0.29) is 0 Å². The Labute approximate surface area is 133 Å². The second-order valence-electron chi connectivity index (χ2n) is 5.29. The molecule has 1 unspecified atom stereocenters. The summed E-state index contributed by atoms with van der Waals surface area (Å²) in [4.78, 5) is 2.17. The maximum Gasteiger partial charge on any atom is 0.142 e. The van der Waals surface area contributed by atoms with Gasteiger partial charge in [-0.25, -0.2) is 0 Å². The molecule has 0 amide bonds. The van der Waals surface area contributed by atoms with Gasteiger partial charge in [0, 0.05) is 19.6 Å². The van der Waals surface area contributed by atoms with Gasteiger partial charge in [0.1, 0.15) is 5.75 Å². The van der Waals surface area contributed by atoms with Gasteiger partial charge in [0.05, 0.1) is 18.4 Å². The van der Waals surface area contributed by atoms with E-state index in [1.165, 1.54) is 0 Å². The molecule has 3 N–H and O–H groups in total. The van der Waals surface area contributed by atoms with Gasteiger partial charge in [0.15, 0.2) is 0 Å². The summed E-state index contributed by atoms with van der Waals surface area (Å²) in [6, 6.07) is 5.49. The van der Waals surface area contributed by atoms with Crippen LogP contribution in [0.25, 0.3) is 0 Å². The zero-order valence-electron chi connectivity index (χ0n) is 13.5. The van der Waals surface area contributed by atoms with E-state index in [1.54, 1.807) is 6.07 Å². The molecule has 0 heterocycles. The van der Waals surface area contributed by atoms with Crippen molar-refractivity contribution in [3.05, 3.63) is 49.1 Å². The summed E-state index contributed by atoms with van der Waals surface area (Å²) in [5, 5.41) is 10.3. The van der Waals surface area contributed by atoms with Crippen molar-refractivity contribution in [1.82, 2.24) is 4.90 Å². The molecule has 1 aromatic rings. The van der Waals surface area contributed by atoms with Crippen molar-refractivity contribution in [3.8, 4) is 5.75 Å². The highest BCUT2D eigenvalue weighted by molar-refractivity contribution is 5.54. The molecule has 0 aliphatic carbocycles. The Hall–Kier alpha value is -1.78. The molecule has 4 nitrogen and oxygen atoms in total. The van der Waals surface area contributed by atoms with Gasteiger partial charge >= 0.3 is 0 Å². The molecule has 0 saturated heterocycles. The Balaban J connectivity index is 2.60. The number of nitrogen functional groups attached to an aromatic ring is 1. The second kappa shape index (κ2) is 10.0. The highest BCUT2D eigenvalue weighted by Crippen LogP contribution is 2.27. The van der Waals surface area contributed by atoms with Crippen molar-refractivity contribution in [2.45, 2.75) is 25.9 Å². The van der Waals surface area contributed by atoms with Gasteiger partial charge in [-0.3, -0.25) is 4.90 Å². The lowest BCUT2D eigenvalue weighted by Gasteiger charge is -2.21. The van der Waals surface area contributed by atoms with Crippen LogP contribution in [0.4, 0.5) is 5.69 Å². The summed E-state index contributed by atoms with van der Waals surface area (Å²) in [5.74, 6) is 0.678. The average molecular weight is 304 g/mol. The van der Waals surface area contributed by atoms with E-state index in [9.17, 15) is 5.11 Å². The molecule has 0 aliphatic heterocycles. The van der Waals surface area contributed by atoms with Crippen molar-refractivity contribution in [2.75, 3.05) is 32.0 Å². The van der Waals surface area contributed by atoms with Crippen LogP contribution in [0.1, 0.15) is 31.4 Å². The molecular formula is C18H28N2O2. The molecule has 0 bridgehead atoms. The van der Waals surface area contributed by atoms with Gasteiger partial charge in [0.25, 0.3) is 0 Å². The van der Waals surface area contributed by atoms with Crippen LogP contribution in [0.2, 0.25) is 0 Å². The number of anilines is 1. The van der Waals surface area contributed by atoms with Gasteiger partial charge in [0.2, 0.25) is 0 Å². The number of aliphatic hydroxyl groups excluding tert-OH is 1. The first kappa shape index (κ1) is 18.3. The van der Waals surface area contributed by atoms with E-state index >= 15 is 0 Å². The summed E-state index contributed by atoms with van der Waals surface area (Å²) >= 11 is 0. The van der Waals surface area contributed by atoms with Crippen LogP contribution in [0, 0.1) is 0 Å². The van der Waals surface area contributed by atoms with E-state index in [0.29, 0.717) is 24.5 Å². The Kier molecular flexibility index (Phi) is 8.33. The largest absolute Gasteiger partial charge is 0.491 e. The summed E-state index contributed by atoms with van der Waals surface area (Å²) in [7, 11) is 0. The summed E-state index contributed by atoms with van der Waals surface area (Å²) in [5.41, 5.74) is 7.36.